The molecule has 1 unspecified atom stereocenters. The standard InChI is InChI=1S/C15H16ClFN2O2/c1-19(2)13(14-4-3-7-21-14)9-18-15(20)11-6-5-10(17)8-12(11)16/h3-8,13H,9H2,1-2H3,(H,18,20). The number of amides is 1. The zero-order valence-corrected chi connectivity index (χ0v) is 12.5. The first-order valence-electron chi connectivity index (χ1n) is 6.42. The summed E-state index contributed by atoms with van der Waals surface area (Å²) >= 11 is 5.87. The van der Waals surface area contributed by atoms with Gasteiger partial charge in [0, 0.05) is 6.54 Å². The van der Waals surface area contributed by atoms with Gasteiger partial charge in [0.15, 0.2) is 0 Å². The lowest BCUT2D eigenvalue weighted by molar-refractivity contribution is 0.0939. The average Bonchev–Trinajstić information content (AvgIpc) is 2.92. The fraction of sp³-hybridized carbons (Fsp3) is 0.267. The minimum atomic E-state index is -0.474. The summed E-state index contributed by atoms with van der Waals surface area (Å²) in [4.78, 5) is 14.0. The molecule has 4 nitrogen and oxygen atoms in total. The largest absolute Gasteiger partial charge is 0.468 e. The van der Waals surface area contributed by atoms with E-state index in [0.717, 1.165) is 11.8 Å². The van der Waals surface area contributed by atoms with E-state index < -0.39 is 5.82 Å². The van der Waals surface area contributed by atoms with Crippen LogP contribution in [0.3, 0.4) is 0 Å². The highest BCUT2D eigenvalue weighted by Crippen LogP contribution is 2.19. The summed E-state index contributed by atoms with van der Waals surface area (Å²) in [6.07, 6.45) is 1.59. The van der Waals surface area contributed by atoms with Crippen LogP contribution in [0.25, 0.3) is 0 Å². The highest BCUT2D eigenvalue weighted by Gasteiger charge is 2.19. The summed E-state index contributed by atoms with van der Waals surface area (Å²) in [5.74, 6) is -0.0674. The number of hydrogen-bond acceptors (Lipinski definition) is 3. The number of carbonyl (C=O) groups is 1. The van der Waals surface area contributed by atoms with Gasteiger partial charge in [0.25, 0.3) is 5.91 Å². The van der Waals surface area contributed by atoms with Gasteiger partial charge in [-0.15, -0.1) is 0 Å². The number of benzene rings is 1. The van der Waals surface area contributed by atoms with E-state index in [9.17, 15) is 9.18 Å². The second-order valence-electron chi connectivity index (χ2n) is 4.83. The molecular formula is C15H16ClFN2O2. The summed E-state index contributed by atoms with van der Waals surface area (Å²) in [6.45, 7) is 0.354. The van der Waals surface area contributed by atoms with E-state index in [-0.39, 0.29) is 22.5 Å². The van der Waals surface area contributed by atoms with Gasteiger partial charge in [-0.05, 0) is 44.4 Å². The molecular weight excluding hydrogens is 295 g/mol. The highest BCUT2D eigenvalue weighted by atomic mass is 35.5. The molecule has 2 rings (SSSR count). The van der Waals surface area contributed by atoms with Crippen LogP contribution in [0.5, 0.6) is 0 Å². The minimum absolute atomic E-state index is 0.0897. The molecule has 1 heterocycles. The van der Waals surface area contributed by atoms with Crippen molar-refractivity contribution in [3.8, 4) is 0 Å². The van der Waals surface area contributed by atoms with Crippen molar-refractivity contribution in [1.82, 2.24) is 10.2 Å². The molecule has 1 aromatic heterocycles. The summed E-state index contributed by atoms with van der Waals surface area (Å²) in [6, 6.07) is 7.24. The zero-order valence-electron chi connectivity index (χ0n) is 11.8. The Kier molecular flexibility index (Phi) is 4.98. The van der Waals surface area contributed by atoms with Crippen LogP contribution in [0, 0.1) is 5.82 Å². The number of rotatable bonds is 5. The van der Waals surface area contributed by atoms with Crippen molar-refractivity contribution in [2.45, 2.75) is 6.04 Å². The molecule has 1 amide bonds. The second kappa shape index (κ2) is 6.74. The van der Waals surface area contributed by atoms with Gasteiger partial charge < -0.3 is 9.73 Å². The molecule has 0 bridgehead atoms. The number of nitrogens with one attached hydrogen (secondary N) is 1. The molecule has 0 aliphatic heterocycles. The molecule has 112 valence electrons. The third-order valence-corrected chi connectivity index (χ3v) is 3.44. The van der Waals surface area contributed by atoms with Crippen LogP contribution < -0.4 is 5.32 Å². The van der Waals surface area contributed by atoms with Crippen molar-refractivity contribution in [2.24, 2.45) is 0 Å². The molecule has 0 aliphatic carbocycles. The normalized spacial score (nSPS) is 12.4. The fourth-order valence-electron chi connectivity index (χ4n) is 1.98. The lowest BCUT2D eigenvalue weighted by Gasteiger charge is -2.22. The first-order chi connectivity index (χ1) is 9.99. The predicted molar refractivity (Wildman–Crippen MR) is 78.9 cm³/mol. The topological polar surface area (TPSA) is 45.5 Å². The van der Waals surface area contributed by atoms with Crippen LogP contribution in [0.2, 0.25) is 5.02 Å². The Morgan fingerprint density at radius 1 is 1.43 bits per heavy atom. The van der Waals surface area contributed by atoms with Crippen LogP contribution in [0.1, 0.15) is 22.2 Å². The molecule has 0 radical (unpaired) electrons. The zero-order chi connectivity index (χ0) is 15.4. The third kappa shape index (κ3) is 3.83. The van der Waals surface area contributed by atoms with Gasteiger partial charge in [-0.3, -0.25) is 9.69 Å². The molecule has 0 fully saturated rings. The molecule has 6 heteroatoms. The van der Waals surface area contributed by atoms with Crippen molar-refractivity contribution in [1.29, 1.82) is 0 Å². The van der Waals surface area contributed by atoms with Crippen molar-refractivity contribution in [2.75, 3.05) is 20.6 Å². The minimum Gasteiger partial charge on any atom is -0.468 e. The quantitative estimate of drug-likeness (QED) is 0.923. The van der Waals surface area contributed by atoms with E-state index in [0.29, 0.717) is 6.54 Å². The number of furan rings is 1. The predicted octanol–water partition coefficient (Wildman–Crippen LogP) is 3.10. The molecule has 0 spiro atoms. The number of carbonyl (C=O) groups excluding carboxylic acids is 1. The summed E-state index contributed by atoms with van der Waals surface area (Å²) < 4.78 is 18.3. The summed E-state index contributed by atoms with van der Waals surface area (Å²) in [7, 11) is 3.79. The van der Waals surface area contributed by atoms with Gasteiger partial charge >= 0.3 is 0 Å². The maximum atomic E-state index is 13.0. The number of hydrogen-bond donors (Lipinski definition) is 1. The average molecular weight is 311 g/mol. The molecule has 2 aromatic rings. The Morgan fingerprint density at radius 3 is 2.76 bits per heavy atom. The SMILES string of the molecule is CN(C)C(CNC(=O)c1ccc(F)cc1Cl)c1ccco1. The van der Waals surface area contributed by atoms with Crippen molar-refractivity contribution in [3.63, 3.8) is 0 Å². The molecule has 1 N–H and O–H groups in total. The second-order valence-corrected chi connectivity index (χ2v) is 5.24. The molecule has 1 aromatic carbocycles. The van der Waals surface area contributed by atoms with Crippen LogP contribution >= 0.6 is 11.6 Å². The van der Waals surface area contributed by atoms with Gasteiger partial charge in [-0.25, -0.2) is 4.39 Å². The van der Waals surface area contributed by atoms with Gasteiger partial charge in [-0.2, -0.15) is 0 Å². The van der Waals surface area contributed by atoms with Crippen molar-refractivity contribution in [3.05, 3.63) is 58.8 Å². The van der Waals surface area contributed by atoms with E-state index in [2.05, 4.69) is 5.32 Å². The van der Waals surface area contributed by atoms with Gasteiger partial charge in [0.1, 0.15) is 11.6 Å². The number of nitrogens with zero attached hydrogens (tertiary/aromatic N) is 1. The molecule has 21 heavy (non-hydrogen) atoms. The van der Waals surface area contributed by atoms with Crippen molar-refractivity contribution < 1.29 is 13.6 Å². The van der Waals surface area contributed by atoms with E-state index in [4.69, 9.17) is 16.0 Å². The van der Waals surface area contributed by atoms with Gasteiger partial charge in [-0.1, -0.05) is 11.6 Å². The lowest BCUT2D eigenvalue weighted by atomic mass is 10.1. The Balaban J connectivity index is 2.05. The lowest BCUT2D eigenvalue weighted by Crippen LogP contribution is -2.34. The Morgan fingerprint density at radius 2 is 2.19 bits per heavy atom. The maximum Gasteiger partial charge on any atom is 0.252 e. The van der Waals surface area contributed by atoms with Gasteiger partial charge in [0.05, 0.1) is 22.9 Å². The summed E-state index contributed by atoms with van der Waals surface area (Å²) in [5, 5.41) is 2.87. The Labute approximate surface area is 127 Å². The first kappa shape index (κ1) is 15.5. The molecule has 1 atom stereocenters. The monoisotopic (exact) mass is 310 g/mol. The van der Waals surface area contributed by atoms with E-state index in [1.807, 2.05) is 25.1 Å². The molecule has 0 saturated carbocycles. The number of likely N-dealkylation sites (N-methyl/N-ethyl adjacent to an activating group) is 1. The van der Waals surface area contributed by atoms with Crippen LogP contribution in [-0.4, -0.2) is 31.4 Å². The Hall–Kier alpha value is -1.85. The molecule has 0 saturated heterocycles. The number of halogens is 2. The van der Waals surface area contributed by atoms with Crippen LogP contribution in [-0.2, 0) is 0 Å². The van der Waals surface area contributed by atoms with Crippen LogP contribution in [0.4, 0.5) is 4.39 Å². The Bertz CT molecular complexity index is 614. The fourth-order valence-corrected chi connectivity index (χ4v) is 2.23. The van der Waals surface area contributed by atoms with Crippen molar-refractivity contribution >= 4 is 17.5 Å². The van der Waals surface area contributed by atoms with E-state index in [1.54, 1.807) is 12.3 Å². The van der Waals surface area contributed by atoms with E-state index in [1.165, 1.54) is 12.1 Å². The van der Waals surface area contributed by atoms with Crippen LogP contribution in [0.15, 0.2) is 41.0 Å². The van der Waals surface area contributed by atoms with E-state index >= 15 is 0 Å². The molecule has 0 aliphatic rings. The summed E-state index contributed by atoms with van der Waals surface area (Å²) in [5.41, 5.74) is 0.245. The maximum absolute atomic E-state index is 13.0. The van der Waals surface area contributed by atoms with Gasteiger partial charge in [0.2, 0.25) is 0 Å². The first-order valence-corrected chi connectivity index (χ1v) is 6.80. The third-order valence-electron chi connectivity index (χ3n) is 3.13. The smallest absolute Gasteiger partial charge is 0.252 e. The highest BCUT2D eigenvalue weighted by molar-refractivity contribution is 6.33.